The summed E-state index contributed by atoms with van der Waals surface area (Å²) in [5.41, 5.74) is 0. The number of hydrogen-bond acceptors (Lipinski definition) is 4. The number of nitrogens with zero attached hydrogens (tertiary/aromatic N) is 1. The van der Waals surface area contributed by atoms with E-state index in [9.17, 15) is 9.59 Å². The Morgan fingerprint density at radius 3 is 2.65 bits per heavy atom. The summed E-state index contributed by atoms with van der Waals surface area (Å²) in [6.07, 6.45) is 2.55. The molecule has 1 rings (SSSR count). The number of carbonyl (C=O) groups excluding carboxylic acids is 1. The van der Waals surface area contributed by atoms with Crippen molar-refractivity contribution in [1.82, 2.24) is 15.5 Å². The van der Waals surface area contributed by atoms with Crippen LogP contribution in [0.25, 0.3) is 0 Å². The Morgan fingerprint density at radius 1 is 1.30 bits per heavy atom. The first-order valence-corrected chi connectivity index (χ1v) is 7.11. The van der Waals surface area contributed by atoms with Crippen LogP contribution in [0.2, 0.25) is 0 Å². The highest BCUT2D eigenvalue weighted by Gasteiger charge is 2.14. The van der Waals surface area contributed by atoms with Gasteiger partial charge in [0.25, 0.3) is 0 Å². The SMILES string of the molecule is CC(CNC(=O)NCCOCC(=O)O)CN1CCCC1. The molecular weight excluding hydrogens is 262 g/mol. The Bertz CT molecular complexity index is 306. The van der Waals surface area contributed by atoms with Gasteiger partial charge in [-0.3, -0.25) is 0 Å². The number of amides is 2. The average molecular weight is 287 g/mol. The molecular formula is C13H25N3O4. The minimum absolute atomic E-state index is 0.197. The Morgan fingerprint density at radius 2 is 2.00 bits per heavy atom. The zero-order valence-corrected chi connectivity index (χ0v) is 12.1. The smallest absolute Gasteiger partial charge is 0.329 e. The summed E-state index contributed by atoms with van der Waals surface area (Å²) in [7, 11) is 0. The lowest BCUT2D eigenvalue weighted by atomic mass is 10.1. The minimum atomic E-state index is -1.01. The zero-order chi connectivity index (χ0) is 14.8. The molecule has 1 aliphatic rings. The molecule has 20 heavy (non-hydrogen) atoms. The molecule has 1 fully saturated rings. The number of carboxylic acid groups (broad SMARTS) is 1. The van der Waals surface area contributed by atoms with E-state index in [0.29, 0.717) is 19.0 Å². The molecule has 1 heterocycles. The molecule has 0 spiro atoms. The van der Waals surface area contributed by atoms with Gasteiger partial charge in [-0.05, 0) is 31.8 Å². The van der Waals surface area contributed by atoms with E-state index in [1.807, 2.05) is 0 Å². The van der Waals surface area contributed by atoms with E-state index >= 15 is 0 Å². The molecule has 2 amide bonds. The van der Waals surface area contributed by atoms with Gasteiger partial charge in [0.1, 0.15) is 6.61 Å². The van der Waals surface area contributed by atoms with Crippen LogP contribution in [0.5, 0.6) is 0 Å². The lowest BCUT2D eigenvalue weighted by molar-refractivity contribution is -0.142. The third-order valence-corrected chi connectivity index (χ3v) is 3.14. The number of carboxylic acids is 1. The minimum Gasteiger partial charge on any atom is -0.480 e. The molecule has 0 aliphatic carbocycles. The van der Waals surface area contributed by atoms with Gasteiger partial charge in [0, 0.05) is 19.6 Å². The number of aliphatic carboxylic acids is 1. The van der Waals surface area contributed by atoms with Crippen LogP contribution in [0.1, 0.15) is 19.8 Å². The number of rotatable bonds is 9. The van der Waals surface area contributed by atoms with Crippen LogP contribution in [0.3, 0.4) is 0 Å². The second-order valence-electron chi connectivity index (χ2n) is 5.20. The lowest BCUT2D eigenvalue weighted by Gasteiger charge is -2.20. The third kappa shape index (κ3) is 7.96. The number of ether oxygens (including phenoxy) is 1. The summed E-state index contributed by atoms with van der Waals surface area (Å²) in [4.78, 5) is 24.1. The maximum atomic E-state index is 11.5. The summed E-state index contributed by atoms with van der Waals surface area (Å²) in [6.45, 7) is 6.27. The fourth-order valence-electron chi connectivity index (χ4n) is 2.20. The molecule has 0 saturated carbocycles. The van der Waals surface area contributed by atoms with E-state index < -0.39 is 5.97 Å². The first-order valence-electron chi connectivity index (χ1n) is 7.11. The maximum absolute atomic E-state index is 11.5. The number of likely N-dealkylation sites (tertiary alicyclic amines) is 1. The van der Waals surface area contributed by atoms with Crippen molar-refractivity contribution in [2.45, 2.75) is 19.8 Å². The molecule has 0 radical (unpaired) electrons. The number of hydrogen-bond donors (Lipinski definition) is 3. The monoisotopic (exact) mass is 287 g/mol. The van der Waals surface area contributed by atoms with Gasteiger partial charge >= 0.3 is 12.0 Å². The van der Waals surface area contributed by atoms with E-state index in [1.165, 1.54) is 12.8 Å². The third-order valence-electron chi connectivity index (χ3n) is 3.14. The van der Waals surface area contributed by atoms with Crippen molar-refractivity contribution in [3.63, 3.8) is 0 Å². The quantitative estimate of drug-likeness (QED) is 0.524. The molecule has 0 aromatic heterocycles. The molecule has 7 nitrogen and oxygen atoms in total. The number of carbonyl (C=O) groups is 2. The van der Waals surface area contributed by atoms with E-state index in [0.717, 1.165) is 19.6 Å². The molecule has 1 aliphatic heterocycles. The van der Waals surface area contributed by atoms with Crippen molar-refractivity contribution >= 4 is 12.0 Å². The number of nitrogens with one attached hydrogen (secondary N) is 2. The van der Waals surface area contributed by atoms with E-state index in [-0.39, 0.29) is 19.2 Å². The molecule has 0 aromatic carbocycles. The Kier molecular flexibility index (Phi) is 7.98. The van der Waals surface area contributed by atoms with Crippen molar-refractivity contribution in [3.05, 3.63) is 0 Å². The van der Waals surface area contributed by atoms with Crippen molar-refractivity contribution in [2.24, 2.45) is 5.92 Å². The van der Waals surface area contributed by atoms with E-state index in [2.05, 4.69) is 22.5 Å². The lowest BCUT2D eigenvalue weighted by Crippen LogP contribution is -2.41. The summed E-state index contributed by atoms with van der Waals surface area (Å²) in [5.74, 6) is -0.590. The first-order chi connectivity index (χ1) is 9.58. The van der Waals surface area contributed by atoms with Crippen LogP contribution in [0.4, 0.5) is 4.79 Å². The van der Waals surface area contributed by atoms with Crippen molar-refractivity contribution in [2.75, 3.05) is 45.9 Å². The van der Waals surface area contributed by atoms with Gasteiger partial charge in [-0.2, -0.15) is 0 Å². The van der Waals surface area contributed by atoms with Gasteiger partial charge in [0.05, 0.1) is 6.61 Å². The van der Waals surface area contributed by atoms with Crippen LogP contribution in [0.15, 0.2) is 0 Å². The largest absolute Gasteiger partial charge is 0.480 e. The predicted octanol–water partition coefficient (Wildman–Crippen LogP) is 0.119. The molecule has 7 heteroatoms. The normalized spacial score (nSPS) is 16.9. The topological polar surface area (TPSA) is 90.9 Å². The Balaban J connectivity index is 1.97. The van der Waals surface area contributed by atoms with E-state index in [4.69, 9.17) is 9.84 Å². The van der Waals surface area contributed by atoms with E-state index in [1.54, 1.807) is 0 Å². The summed E-state index contributed by atoms with van der Waals surface area (Å²) < 4.78 is 4.81. The molecule has 116 valence electrons. The molecule has 0 bridgehead atoms. The summed E-state index contributed by atoms with van der Waals surface area (Å²) >= 11 is 0. The number of urea groups is 1. The fourth-order valence-corrected chi connectivity index (χ4v) is 2.20. The second-order valence-corrected chi connectivity index (χ2v) is 5.20. The van der Waals surface area contributed by atoms with Gasteiger partial charge in [-0.1, -0.05) is 6.92 Å². The van der Waals surface area contributed by atoms with Crippen LogP contribution in [0, 0.1) is 5.92 Å². The van der Waals surface area contributed by atoms with Gasteiger partial charge in [0.15, 0.2) is 0 Å². The van der Waals surface area contributed by atoms with Gasteiger partial charge in [-0.25, -0.2) is 9.59 Å². The van der Waals surface area contributed by atoms with Crippen LogP contribution in [-0.2, 0) is 9.53 Å². The Hall–Kier alpha value is -1.34. The average Bonchev–Trinajstić information content (AvgIpc) is 2.88. The second kappa shape index (κ2) is 9.55. The highest BCUT2D eigenvalue weighted by molar-refractivity contribution is 5.73. The molecule has 3 N–H and O–H groups in total. The maximum Gasteiger partial charge on any atom is 0.329 e. The molecule has 1 atom stereocenters. The Labute approximate surface area is 119 Å². The summed E-state index contributed by atoms with van der Waals surface area (Å²) in [5, 5.41) is 13.8. The van der Waals surface area contributed by atoms with Crippen LogP contribution >= 0.6 is 0 Å². The van der Waals surface area contributed by atoms with Gasteiger partial charge < -0.3 is 25.4 Å². The highest BCUT2D eigenvalue weighted by Crippen LogP contribution is 2.09. The van der Waals surface area contributed by atoms with Crippen molar-refractivity contribution < 1.29 is 19.4 Å². The van der Waals surface area contributed by atoms with Gasteiger partial charge in [-0.15, -0.1) is 0 Å². The van der Waals surface area contributed by atoms with Gasteiger partial charge in [0.2, 0.25) is 0 Å². The van der Waals surface area contributed by atoms with Crippen LogP contribution in [-0.4, -0.2) is 67.9 Å². The van der Waals surface area contributed by atoms with Crippen molar-refractivity contribution in [1.29, 1.82) is 0 Å². The fraction of sp³-hybridized carbons (Fsp3) is 0.846. The molecule has 1 saturated heterocycles. The zero-order valence-electron chi connectivity index (χ0n) is 12.1. The van der Waals surface area contributed by atoms with Crippen molar-refractivity contribution in [3.8, 4) is 0 Å². The standard InChI is InChI=1S/C13H25N3O4/c1-11(9-16-5-2-3-6-16)8-15-13(19)14-4-7-20-10-12(17)18/h11H,2-10H2,1H3,(H,17,18)(H2,14,15,19). The predicted molar refractivity (Wildman–Crippen MR) is 74.7 cm³/mol. The highest BCUT2D eigenvalue weighted by atomic mass is 16.5. The first kappa shape index (κ1) is 16.7. The van der Waals surface area contributed by atoms with Crippen LogP contribution < -0.4 is 10.6 Å². The summed E-state index contributed by atoms with van der Waals surface area (Å²) in [6, 6.07) is -0.239. The molecule has 0 aromatic rings. The molecule has 1 unspecified atom stereocenters.